The Hall–Kier alpha value is -1.83. The van der Waals surface area contributed by atoms with Gasteiger partial charge in [0.25, 0.3) is 10.0 Å². The molecule has 1 heterocycles. The van der Waals surface area contributed by atoms with Crippen molar-refractivity contribution >= 4 is 48.3 Å². The summed E-state index contributed by atoms with van der Waals surface area (Å²) < 4.78 is 33.1. The number of hydrogen-bond donors (Lipinski definition) is 1. The molecule has 0 aliphatic carbocycles. The van der Waals surface area contributed by atoms with Gasteiger partial charge in [0.2, 0.25) is 0 Å². The minimum atomic E-state index is -3.69. The molecule has 0 atom stereocenters. The van der Waals surface area contributed by atoms with Crippen molar-refractivity contribution in [2.24, 2.45) is 0 Å². The first-order valence-corrected chi connectivity index (χ1v) is 8.89. The number of methoxy groups -OCH3 is 1. The maximum absolute atomic E-state index is 12.3. The number of hydrogen-bond acceptors (Lipinski definition) is 5. The molecule has 2 aromatic carbocycles. The standard InChI is InChI=1S/C14H11ClN2O3S2/c1-20-10-4-7-12-13(8-10)21-14(16-12)17-22(18,19)11-5-2-9(15)3-6-11/h2-8H,1H3,(H,16,17). The summed E-state index contributed by atoms with van der Waals surface area (Å²) in [6, 6.07) is 11.3. The average Bonchev–Trinajstić information content (AvgIpc) is 2.87. The minimum absolute atomic E-state index is 0.133. The molecule has 114 valence electrons. The lowest BCUT2D eigenvalue weighted by Gasteiger charge is -2.04. The molecule has 8 heteroatoms. The molecule has 0 saturated heterocycles. The van der Waals surface area contributed by atoms with Crippen LogP contribution in [-0.2, 0) is 10.0 Å². The molecule has 0 aliphatic heterocycles. The fraction of sp³-hybridized carbons (Fsp3) is 0.0714. The fourth-order valence-corrected chi connectivity index (χ4v) is 4.12. The van der Waals surface area contributed by atoms with E-state index in [1.165, 1.54) is 35.6 Å². The number of benzene rings is 2. The van der Waals surface area contributed by atoms with Crippen molar-refractivity contribution in [2.75, 3.05) is 11.8 Å². The van der Waals surface area contributed by atoms with E-state index in [9.17, 15) is 8.42 Å². The summed E-state index contributed by atoms with van der Waals surface area (Å²) in [5.74, 6) is 0.697. The van der Waals surface area contributed by atoms with Crippen LogP contribution in [0.4, 0.5) is 5.13 Å². The van der Waals surface area contributed by atoms with Crippen LogP contribution in [0.3, 0.4) is 0 Å². The zero-order valence-electron chi connectivity index (χ0n) is 11.4. The summed E-state index contributed by atoms with van der Waals surface area (Å²) in [6.45, 7) is 0. The van der Waals surface area contributed by atoms with E-state index in [1.807, 2.05) is 6.07 Å². The number of ether oxygens (including phenoxy) is 1. The van der Waals surface area contributed by atoms with Crippen molar-refractivity contribution in [3.05, 3.63) is 47.5 Å². The van der Waals surface area contributed by atoms with Crippen LogP contribution in [-0.4, -0.2) is 20.5 Å². The second-order valence-electron chi connectivity index (χ2n) is 4.41. The van der Waals surface area contributed by atoms with Gasteiger partial charge in [0.15, 0.2) is 5.13 Å². The molecule has 0 unspecified atom stereocenters. The highest BCUT2D eigenvalue weighted by atomic mass is 35.5. The molecule has 1 N–H and O–H groups in total. The Morgan fingerprint density at radius 2 is 1.91 bits per heavy atom. The highest BCUT2D eigenvalue weighted by molar-refractivity contribution is 7.93. The van der Waals surface area contributed by atoms with Crippen molar-refractivity contribution in [3.8, 4) is 5.75 Å². The van der Waals surface area contributed by atoms with E-state index < -0.39 is 10.0 Å². The Bertz CT molecular complexity index is 921. The number of nitrogens with zero attached hydrogens (tertiary/aromatic N) is 1. The van der Waals surface area contributed by atoms with Crippen molar-refractivity contribution in [3.63, 3.8) is 0 Å². The summed E-state index contributed by atoms with van der Waals surface area (Å²) >= 11 is 7.01. The lowest BCUT2D eigenvalue weighted by molar-refractivity contribution is 0.415. The molecule has 1 aromatic heterocycles. The number of thiazole rings is 1. The third-order valence-electron chi connectivity index (χ3n) is 2.94. The first-order chi connectivity index (χ1) is 10.5. The largest absolute Gasteiger partial charge is 0.497 e. The van der Waals surface area contributed by atoms with E-state index in [-0.39, 0.29) is 4.90 Å². The number of anilines is 1. The topological polar surface area (TPSA) is 68.3 Å². The van der Waals surface area contributed by atoms with Crippen molar-refractivity contribution in [2.45, 2.75) is 4.90 Å². The van der Waals surface area contributed by atoms with Gasteiger partial charge in [-0.1, -0.05) is 22.9 Å². The molecule has 0 amide bonds. The monoisotopic (exact) mass is 354 g/mol. The zero-order chi connectivity index (χ0) is 15.7. The molecule has 0 saturated carbocycles. The van der Waals surface area contributed by atoms with Crippen LogP contribution >= 0.6 is 22.9 Å². The fourth-order valence-electron chi connectivity index (χ4n) is 1.86. The highest BCUT2D eigenvalue weighted by Crippen LogP contribution is 2.30. The summed E-state index contributed by atoms with van der Waals surface area (Å²) in [5, 5.41) is 0.782. The van der Waals surface area contributed by atoms with Gasteiger partial charge >= 0.3 is 0 Å². The van der Waals surface area contributed by atoms with E-state index in [4.69, 9.17) is 16.3 Å². The predicted octanol–water partition coefficient (Wildman–Crippen LogP) is 3.76. The normalized spacial score (nSPS) is 11.5. The van der Waals surface area contributed by atoms with Crippen molar-refractivity contribution in [1.29, 1.82) is 0 Å². The molecule has 0 bridgehead atoms. The Morgan fingerprint density at radius 3 is 2.59 bits per heavy atom. The van der Waals surface area contributed by atoms with Crippen LogP contribution in [0, 0.1) is 0 Å². The Morgan fingerprint density at radius 1 is 1.18 bits per heavy atom. The molecule has 3 aromatic rings. The van der Waals surface area contributed by atoms with Crippen molar-refractivity contribution in [1.82, 2.24) is 4.98 Å². The maximum Gasteiger partial charge on any atom is 0.263 e. The van der Waals surface area contributed by atoms with E-state index in [2.05, 4.69) is 9.71 Å². The number of fused-ring (bicyclic) bond motifs is 1. The van der Waals surface area contributed by atoms with Crippen molar-refractivity contribution < 1.29 is 13.2 Å². The molecular formula is C14H11ClN2O3S2. The third kappa shape index (κ3) is 3.01. The maximum atomic E-state index is 12.3. The van der Waals surface area contributed by atoms with Gasteiger partial charge in [-0.3, -0.25) is 4.72 Å². The summed E-state index contributed by atoms with van der Waals surface area (Å²) in [5.41, 5.74) is 0.708. The summed E-state index contributed by atoms with van der Waals surface area (Å²) in [4.78, 5) is 4.40. The van der Waals surface area contributed by atoms with Gasteiger partial charge in [-0.05, 0) is 42.5 Å². The van der Waals surface area contributed by atoms with Gasteiger partial charge in [-0.2, -0.15) is 0 Å². The van der Waals surface area contributed by atoms with Gasteiger partial charge in [-0.15, -0.1) is 0 Å². The van der Waals surface area contributed by atoms with Gasteiger partial charge in [0, 0.05) is 5.02 Å². The molecule has 0 radical (unpaired) electrons. The second-order valence-corrected chi connectivity index (χ2v) is 7.56. The zero-order valence-corrected chi connectivity index (χ0v) is 13.8. The SMILES string of the molecule is COc1ccc2nc(NS(=O)(=O)c3ccc(Cl)cc3)sc2c1. The van der Waals surface area contributed by atoms with E-state index in [0.29, 0.717) is 21.4 Å². The number of aromatic nitrogens is 1. The molecular weight excluding hydrogens is 344 g/mol. The highest BCUT2D eigenvalue weighted by Gasteiger charge is 2.16. The van der Waals surface area contributed by atoms with Crippen LogP contribution < -0.4 is 9.46 Å². The van der Waals surface area contributed by atoms with Crippen LogP contribution in [0.15, 0.2) is 47.4 Å². The van der Waals surface area contributed by atoms with Gasteiger partial charge in [-0.25, -0.2) is 13.4 Å². The number of sulfonamides is 1. The van der Waals surface area contributed by atoms with Crippen LogP contribution in [0.1, 0.15) is 0 Å². The minimum Gasteiger partial charge on any atom is -0.497 e. The van der Waals surface area contributed by atoms with Gasteiger partial charge in [0.1, 0.15) is 5.75 Å². The number of rotatable bonds is 4. The molecule has 22 heavy (non-hydrogen) atoms. The predicted molar refractivity (Wildman–Crippen MR) is 88.4 cm³/mol. The second kappa shape index (κ2) is 5.75. The molecule has 0 spiro atoms. The Balaban J connectivity index is 1.93. The Labute approximate surface area is 136 Å². The molecule has 5 nitrogen and oxygen atoms in total. The van der Waals surface area contributed by atoms with E-state index >= 15 is 0 Å². The number of halogens is 1. The van der Waals surface area contributed by atoms with E-state index in [0.717, 1.165) is 4.70 Å². The third-order valence-corrected chi connectivity index (χ3v) is 5.61. The Kier molecular flexibility index (Phi) is 3.94. The average molecular weight is 355 g/mol. The van der Waals surface area contributed by atoms with Crippen LogP contribution in [0.5, 0.6) is 5.75 Å². The van der Waals surface area contributed by atoms with Crippen LogP contribution in [0.2, 0.25) is 5.02 Å². The quantitative estimate of drug-likeness (QED) is 0.774. The van der Waals surface area contributed by atoms with Gasteiger partial charge < -0.3 is 4.74 Å². The van der Waals surface area contributed by atoms with E-state index in [1.54, 1.807) is 19.2 Å². The lowest BCUT2D eigenvalue weighted by Crippen LogP contribution is -2.12. The summed E-state index contributed by atoms with van der Waals surface area (Å²) in [7, 11) is -2.11. The summed E-state index contributed by atoms with van der Waals surface area (Å²) in [6.07, 6.45) is 0. The lowest BCUT2D eigenvalue weighted by atomic mass is 10.3. The van der Waals surface area contributed by atoms with Crippen LogP contribution in [0.25, 0.3) is 10.2 Å². The molecule has 3 rings (SSSR count). The van der Waals surface area contributed by atoms with Gasteiger partial charge in [0.05, 0.1) is 22.2 Å². The first-order valence-electron chi connectivity index (χ1n) is 6.21. The molecule has 0 aliphatic rings. The number of nitrogens with one attached hydrogen (secondary N) is 1. The molecule has 0 fully saturated rings. The smallest absolute Gasteiger partial charge is 0.263 e. The first kappa shape index (κ1) is 15.1.